The molecule has 0 bridgehead atoms. The van der Waals surface area contributed by atoms with Crippen molar-refractivity contribution in [1.29, 1.82) is 0 Å². The van der Waals surface area contributed by atoms with Crippen LogP contribution >= 0.6 is 0 Å². The molecule has 4 nitrogen and oxygen atoms in total. The molecule has 0 heterocycles. The van der Waals surface area contributed by atoms with Gasteiger partial charge in [-0.05, 0) is 52.6 Å². The van der Waals surface area contributed by atoms with Crippen molar-refractivity contribution in [3.8, 4) is 0 Å². The van der Waals surface area contributed by atoms with E-state index < -0.39 is 10.8 Å². The summed E-state index contributed by atoms with van der Waals surface area (Å²) >= 11 is 0. The molecule has 1 amide bonds. The highest BCUT2D eigenvalue weighted by Crippen LogP contribution is 2.20. The van der Waals surface area contributed by atoms with E-state index in [1.807, 2.05) is 84.9 Å². The number of aliphatic hydroxyl groups excluding tert-OH is 1. The lowest BCUT2D eigenvalue weighted by molar-refractivity contribution is 0.0916. The number of hydrogen-bond donors (Lipinski definition) is 2. The molecule has 0 aliphatic heterocycles. The molecule has 2 atom stereocenters. The topological polar surface area (TPSA) is 66.4 Å². The molecule has 162 valence electrons. The first-order valence-corrected chi connectivity index (χ1v) is 11.9. The number of carbonyl (C=O) groups excluding carboxylic acids is 1. The number of aliphatic hydroxyl groups is 1. The van der Waals surface area contributed by atoms with Gasteiger partial charge in [0.1, 0.15) is 0 Å². The van der Waals surface area contributed by atoms with Crippen molar-refractivity contribution in [1.82, 2.24) is 5.32 Å². The average Bonchev–Trinajstić information content (AvgIpc) is 2.84. The third kappa shape index (κ3) is 5.49. The van der Waals surface area contributed by atoms with Gasteiger partial charge in [-0.25, -0.2) is 0 Å². The Morgan fingerprint density at radius 2 is 1.50 bits per heavy atom. The quantitative estimate of drug-likeness (QED) is 0.422. The molecule has 4 rings (SSSR count). The van der Waals surface area contributed by atoms with E-state index in [1.54, 1.807) is 12.1 Å². The van der Waals surface area contributed by atoms with E-state index in [9.17, 15) is 14.1 Å². The van der Waals surface area contributed by atoms with Gasteiger partial charge in [-0.15, -0.1) is 0 Å². The van der Waals surface area contributed by atoms with Crippen LogP contribution in [0.4, 0.5) is 0 Å². The third-order valence-electron chi connectivity index (χ3n) is 5.38. The fourth-order valence-corrected chi connectivity index (χ4v) is 4.76. The predicted molar refractivity (Wildman–Crippen MR) is 129 cm³/mol. The lowest BCUT2D eigenvalue weighted by atomic mass is 10.1. The summed E-state index contributed by atoms with van der Waals surface area (Å²) < 4.78 is 12.8. The van der Waals surface area contributed by atoms with Gasteiger partial charge in [0, 0.05) is 10.5 Å². The Morgan fingerprint density at radius 1 is 0.812 bits per heavy atom. The van der Waals surface area contributed by atoms with E-state index in [0.29, 0.717) is 17.7 Å². The second-order valence-corrected chi connectivity index (χ2v) is 9.19. The summed E-state index contributed by atoms with van der Waals surface area (Å²) in [6.45, 7) is -0.135. The summed E-state index contributed by atoms with van der Waals surface area (Å²) in [4.78, 5) is 13.4. The van der Waals surface area contributed by atoms with Crippen molar-refractivity contribution in [3.05, 3.63) is 114 Å². The van der Waals surface area contributed by atoms with Crippen LogP contribution in [0.2, 0.25) is 0 Å². The van der Waals surface area contributed by atoms with Crippen molar-refractivity contribution in [2.24, 2.45) is 0 Å². The minimum atomic E-state index is -1.17. The van der Waals surface area contributed by atoms with Crippen LogP contribution in [0, 0.1) is 0 Å². The van der Waals surface area contributed by atoms with Crippen molar-refractivity contribution in [2.75, 3.05) is 6.61 Å². The number of rotatable bonds is 8. The lowest BCUT2D eigenvalue weighted by Crippen LogP contribution is -2.39. The fourth-order valence-electron chi connectivity index (χ4n) is 3.62. The Kier molecular flexibility index (Phi) is 7.10. The molecule has 5 heteroatoms. The number of hydrogen-bond acceptors (Lipinski definition) is 3. The molecule has 0 aliphatic carbocycles. The maximum absolute atomic E-state index is 12.8. The Hall–Kier alpha value is -3.28. The molecule has 1 unspecified atom stereocenters. The summed E-state index contributed by atoms with van der Waals surface area (Å²) in [7, 11) is -1.17. The summed E-state index contributed by atoms with van der Waals surface area (Å²) in [6, 6.07) is 30.4. The number of benzene rings is 4. The van der Waals surface area contributed by atoms with E-state index in [2.05, 4.69) is 5.32 Å². The van der Waals surface area contributed by atoms with Crippen LogP contribution in [0.1, 0.15) is 21.5 Å². The van der Waals surface area contributed by atoms with Gasteiger partial charge in [0.15, 0.2) is 0 Å². The summed E-state index contributed by atoms with van der Waals surface area (Å²) in [5.74, 6) is 0.148. The predicted octanol–water partition coefficient (Wildman–Crippen LogP) is 4.48. The molecule has 0 fully saturated rings. The first kappa shape index (κ1) is 21.9. The van der Waals surface area contributed by atoms with Crippen molar-refractivity contribution >= 4 is 27.5 Å². The van der Waals surface area contributed by atoms with E-state index in [4.69, 9.17) is 0 Å². The smallest absolute Gasteiger partial charge is 0.251 e. The normalized spacial score (nSPS) is 12.9. The standard InChI is InChI=1S/C27H25NO3S/c29-18-25(16-20-6-2-1-3-7-20)28-27(30)23-12-10-21(11-13-23)19-32(31)26-15-14-22-8-4-5-9-24(22)17-26/h1-15,17,25,29H,16,18-19H2,(H,28,30)/t25-,32?/m0/s1. The molecule has 4 aromatic carbocycles. The average molecular weight is 444 g/mol. The van der Waals surface area contributed by atoms with Crippen LogP contribution in [0.15, 0.2) is 102 Å². The Balaban J connectivity index is 1.38. The Morgan fingerprint density at radius 3 is 2.22 bits per heavy atom. The van der Waals surface area contributed by atoms with Crippen LogP contribution in [0.3, 0.4) is 0 Å². The third-order valence-corrected chi connectivity index (χ3v) is 6.75. The van der Waals surface area contributed by atoms with Crippen LogP contribution < -0.4 is 5.32 Å². The molecular formula is C27H25NO3S. The minimum absolute atomic E-state index is 0.135. The Labute approximate surface area is 190 Å². The summed E-state index contributed by atoms with van der Waals surface area (Å²) in [5, 5.41) is 14.7. The molecule has 0 radical (unpaired) electrons. The van der Waals surface area contributed by atoms with Gasteiger partial charge >= 0.3 is 0 Å². The zero-order valence-corrected chi connectivity index (χ0v) is 18.4. The van der Waals surface area contributed by atoms with E-state index in [-0.39, 0.29) is 18.6 Å². The largest absolute Gasteiger partial charge is 0.394 e. The van der Waals surface area contributed by atoms with Gasteiger partial charge in [-0.1, -0.05) is 72.8 Å². The molecule has 2 N–H and O–H groups in total. The van der Waals surface area contributed by atoms with Crippen LogP contribution in [0.25, 0.3) is 10.8 Å². The summed E-state index contributed by atoms with van der Waals surface area (Å²) in [6.07, 6.45) is 0.561. The highest BCUT2D eigenvalue weighted by Gasteiger charge is 2.14. The molecule has 0 saturated carbocycles. The highest BCUT2D eigenvalue weighted by atomic mass is 32.2. The van der Waals surface area contributed by atoms with Crippen molar-refractivity contribution < 1.29 is 14.1 Å². The first-order valence-electron chi connectivity index (χ1n) is 10.5. The van der Waals surface area contributed by atoms with Gasteiger partial charge < -0.3 is 10.4 Å². The first-order chi connectivity index (χ1) is 15.6. The maximum Gasteiger partial charge on any atom is 0.251 e. The Bertz CT molecular complexity index is 1220. The molecule has 32 heavy (non-hydrogen) atoms. The molecule has 0 saturated heterocycles. The number of nitrogens with one attached hydrogen (secondary N) is 1. The lowest BCUT2D eigenvalue weighted by Gasteiger charge is -2.16. The maximum atomic E-state index is 12.8. The van der Waals surface area contributed by atoms with Crippen molar-refractivity contribution in [2.45, 2.75) is 23.1 Å². The number of carbonyl (C=O) groups is 1. The molecule has 0 aliphatic rings. The number of fused-ring (bicyclic) bond motifs is 1. The second-order valence-electron chi connectivity index (χ2n) is 7.74. The van der Waals surface area contributed by atoms with E-state index in [1.165, 1.54) is 0 Å². The van der Waals surface area contributed by atoms with Crippen molar-refractivity contribution in [3.63, 3.8) is 0 Å². The SMILES string of the molecule is O=C(N[C@H](CO)Cc1ccccc1)c1ccc(CS(=O)c2ccc3ccccc3c2)cc1. The zero-order valence-electron chi connectivity index (χ0n) is 17.6. The summed E-state index contributed by atoms with van der Waals surface area (Å²) in [5.41, 5.74) is 2.46. The van der Waals surface area contributed by atoms with Gasteiger partial charge in [0.2, 0.25) is 0 Å². The highest BCUT2D eigenvalue weighted by molar-refractivity contribution is 7.84. The van der Waals surface area contributed by atoms with Gasteiger partial charge in [0.25, 0.3) is 5.91 Å². The van der Waals surface area contributed by atoms with Gasteiger partial charge in [0.05, 0.1) is 29.2 Å². The van der Waals surface area contributed by atoms with Crippen LogP contribution in [0.5, 0.6) is 0 Å². The fraction of sp³-hybridized carbons (Fsp3) is 0.148. The van der Waals surface area contributed by atoms with Gasteiger partial charge in [-0.3, -0.25) is 9.00 Å². The van der Waals surface area contributed by atoms with E-state index >= 15 is 0 Å². The van der Waals surface area contributed by atoms with E-state index in [0.717, 1.165) is 26.8 Å². The molecule has 0 spiro atoms. The zero-order chi connectivity index (χ0) is 22.3. The van der Waals surface area contributed by atoms with Gasteiger partial charge in [-0.2, -0.15) is 0 Å². The van der Waals surface area contributed by atoms with Crippen LogP contribution in [-0.4, -0.2) is 27.9 Å². The molecule has 0 aromatic heterocycles. The molecule has 4 aromatic rings. The second kappa shape index (κ2) is 10.4. The minimum Gasteiger partial charge on any atom is -0.394 e. The molecular weight excluding hydrogens is 418 g/mol. The number of amides is 1. The van der Waals surface area contributed by atoms with Crippen LogP contribution in [-0.2, 0) is 23.0 Å². The monoisotopic (exact) mass is 443 g/mol.